The lowest BCUT2D eigenvalue weighted by Gasteiger charge is -2.19. The number of ether oxygens (including phenoxy) is 1. The van der Waals surface area contributed by atoms with Gasteiger partial charge in [-0.1, -0.05) is 43.7 Å². The van der Waals surface area contributed by atoms with Gasteiger partial charge in [-0.15, -0.1) is 0 Å². The average Bonchev–Trinajstić information content (AvgIpc) is 3.45. The standard InChI is InChI=1S/C15H23NO.C11H14FN3O2/c1-4-7-9-11-14(10-8-5-2)12-13-15(17)16-6-3;12-9-4-13-11(17-2-1-16)14-10(9)15-5-7-3-8(7)6-15/h5,8-13H,4,6-7H2,1-3H3,(H,16,17);4,7-8,16H,1-3,5-6H2/b8-5-,11-9+,13-12+,14-10+;. The van der Waals surface area contributed by atoms with Crippen molar-refractivity contribution in [2.75, 3.05) is 37.7 Å². The van der Waals surface area contributed by atoms with Crippen LogP contribution in [0.25, 0.3) is 0 Å². The monoisotopic (exact) mass is 472 g/mol. The van der Waals surface area contributed by atoms with Crippen LogP contribution in [0, 0.1) is 17.7 Å². The highest BCUT2D eigenvalue weighted by atomic mass is 19.1. The number of aromatic nitrogens is 2. The Morgan fingerprint density at radius 1 is 1.29 bits per heavy atom. The predicted molar refractivity (Wildman–Crippen MR) is 133 cm³/mol. The molecule has 0 spiro atoms. The second-order valence-electron chi connectivity index (χ2n) is 8.17. The summed E-state index contributed by atoms with van der Waals surface area (Å²) >= 11 is 0. The van der Waals surface area contributed by atoms with Crippen molar-refractivity contribution in [2.45, 2.75) is 40.0 Å². The van der Waals surface area contributed by atoms with Gasteiger partial charge in [0.25, 0.3) is 0 Å². The molecule has 0 bridgehead atoms. The number of amides is 1. The zero-order valence-corrected chi connectivity index (χ0v) is 20.4. The van der Waals surface area contributed by atoms with E-state index in [1.807, 2.05) is 49.1 Å². The number of halogens is 1. The van der Waals surface area contributed by atoms with Gasteiger partial charge >= 0.3 is 6.01 Å². The average molecular weight is 473 g/mol. The molecule has 2 unspecified atom stereocenters. The van der Waals surface area contributed by atoms with Gasteiger partial charge in [0.2, 0.25) is 5.91 Å². The van der Waals surface area contributed by atoms with Gasteiger partial charge in [0.05, 0.1) is 12.8 Å². The third-order valence-electron chi connectivity index (χ3n) is 5.33. The number of likely N-dealkylation sites (N-methyl/N-ethyl adjacent to an activating group) is 1. The minimum absolute atomic E-state index is 0.0530. The number of carbonyl (C=O) groups is 1. The number of rotatable bonds is 11. The third-order valence-corrected chi connectivity index (χ3v) is 5.33. The van der Waals surface area contributed by atoms with Crippen LogP contribution in [-0.2, 0) is 4.79 Å². The number of unbranched alkanes of at least 4 members (excludes halogenated alkanes) is 1. The first-order chi connectivity index (χ1) is 16.5. The van der Waals surface area contributed by atoms with Crippen LogP contribution in [0.3, 0.4) is 0 Å². The second-order valence-corrected chi connectivity index (χ2v) is 8.17. The molecule has 1 amide bonds. The van der Waals surface area contributed by atoms with Crippen molar-refractivity contribution in [1.82, 2.24) is 15.3 Å². The molecule has 3 rings (SSSR count). The van der Waals surface area contributed by atoms with Crippen LogP contribution in [0.15, 0.2) is 54.3 Å². The maximum atomic E-state index is 13.6. The van der Waals surface area contributed by atoms with Crippen LogP contribution >= 0.6 is 0 Å². The molecule has 2 aliphatic rings. The molecule has 7 nitrogen and oxygen atoms in total. The summed E-state index contributed by atoms with van der Waals surface area (Å²) < 4.78 is 18.7. The molecule has 8 heteroatoms. The summed E-state index contributed by atoms with van der Waals surface area (Å²) in [5.74, 6) is 1.28. The Labute approximate surface area is 202 Å². The van der Waals surface area contributed by atoms with Crippen molar-refractivity contribution in [3.05, 3.63) is 60.1 Å². The molecule has 34 heavy (non-hydrogen) atoms. The number of fused-ring (bicyclic) bond motifs is 1. The number of aliphatic hydroxyl groups is 1. The highest BCUT2D eigenvalue weighted by molar-refractivity contribution is 5.88. The molecular formula is C26H37FN4O3. The first-order valence-electron chi connectivity index (χ1n) is 12.0. The fourth-order valence-electron chi connectivity index (χ4n) is 3.51. The van der Waals surface area contributed by atoms with E-state index in [0.717, 1.165) is 37.7 Å². The topological polar surface area (TPSA) is 87.6 Å². The van der Waals surface area contributed by atoms with Crippen molar-refractivity contribution in [2.24, 2.45) is 11.8 Å². The fraction of sp³-hybridized carbons (Fsp3) is 0.500. The molecule has 1 aliphatic carbocycles. The number of carbonyl (C=O) groups excluding carboxylic acids is 1. The van der Waals surface area contributed by atoms with Gasteiger partial charge in [0.15, 0.2) is 11.6 Å². The molecule has 1 saturated carbocycles. The van der Waals surface area contributed by atoms with E-state index in [4.69, 9.17) is 9.84 Å². The Kier molecular flexibility index (Phi) is 12.0. The Morgan fingerprint density at radius 2 is 2.06 bits per heavy atom. The maximum Gasteiger partial charge on any atom is 0.318 e. The van der Waals surface area contributed by atoms with Crippen LogP contribution in [0.2, 0.25) is 0 Å². The molecular weight excluding hydrogens is 435 g/mol. The van der Waals surface area contributed by atoms with Crippen LogP contribution in [-0.4, -0.2) is 53.8 Å². The first-order valence-corrected chi connectivity index (χ1v) is 12.0. The molecule has 0 aromatic carbocycles. The third kappa shape index (κ3) is 9.47. The van der Waals surface area contributed by atoms with Crippen LogP contribution in [0.5, 0.6) is 6.01 Å². The lowest BCUT2D eigenvalue weighted by Crippen LogP contribution is -2.24. The predicted octanol–water partition coefficient (Wildman–Crippen LogP) is 3.98. The summed E-state index contributed by atoms with van der Waals surface area (Å²) in [6.45, 7) is 8.43. The van der Waals surface area contributed by atoms with E-state index in [-0.39, 0.29) is 25.1 Å². The number of hydrogen-bond acceptors (Lipinski definition) is 6. The summed E-state index contributed by atoms with van der Waals surface area (Å²) in [7, 11) is 0. The zero-order chi connectivity index (χ0) is 24.8. The fourth-order valence-corrected chi connectivity index (χ4v) is 3.51. The van der Waals surface area contributed by atoms with Crippen molar-refractivity contribution >= 4 is 11.7 Å². The van der Waals surface area contributed by atoms with Crippen LogP contribution in [0.4, 0.5) is 10.2 Å². The van der Waals surface area contributed by atoms with E-state index < -0.39 is 5.82 Å². The molecule has 2 atom stereocenters. The summed E-state index contributed by atoms with van der Waals surface area (Å²) in [5.41, 5.74) is 1.03. The molecule has 1 aromatic heterocycles. The van der Waals surface area contributed by atoms with Gasteiger partial charge in [0.1, 0.15) is 6.61 Å². The molecule has 1 aromatic rings. The molecule has 186 valence electrons. The van der Waals surface area contributed by atoms with Crippen molar-refractivity contribution < 1.29 is 19.0 Å². The van der Waals surface area contributed by atoms with E-state index in [2.05, 4.69) is 28.3 Å². The largest absolute Gasteiger partial charge is 0.461 e. The molecule has 2 N–H and O–H groups in total. The number of nitrogens with zero attached hydrogens (tertiary/aromatic N) is 3. The Morgan fingerprint density at radius 3 is 2.71 bits per heavy atom. The highest BCUT2D eigenvalue weighted by Crippen LogP contribution is 2.46. The van der Waals surface area contributed by atoms with Gasteiger partial charge in [-0.25, -0.2) is 9.37 Å². The summed E-state index contributed by atoms with van der Waals surface area (Å²) in [6.07, 6.45) is 18.1. The SMILES string of the molecule is C\C=C/C=C(\C=C\CCC)/C=C/C(=O)NCC.OCCOc1ncc(F)c(N2CC3CC3C2)n1. The Balaban J connectivity index is 0.000000240. The minimum Gasteiger partial charge on any atom is -0.461 e. The normalized spacial score (nSPS) is 19.4. The number of piperidine rings is 1. The van der Waals surface area contributed by atoms with Crippen LogP contribution in [0.1, 0.15) is 40.0 Å². The van der Waals surface area contributed by atoms with Gasteiger partial charge in [-0.05, 0) is 50.2 Å². The molecule has 1 saturated heterocycles. The quantitative estimate of drug-likeness (QED) is 0.374. The number of hydrogen-bond donors (Lipinski definition) is 2. The van der Waals surface area contributed by atoms with E-state index in [1.165, 1.54) is 6.42 Å². The van der Waals surface area contributed by atoms with Crippen molar-refractivity contribution in [1.29, 1.82) is 0 Å². The van der Waals surface area contributed by atoms with Crippen molar-refractivity contribution in [3.63, 3.8) is 0 Å². The summed E-state index contributed by atoms with van der Waals surface area (Å²) in [5, 5.41) is 11.4. The Bertz CT molecular complexity index is 888. The lowest BCUT2D eigenvalue weighted by molar-refractivity contribution is -0.116. The van der Waals surface area contributed by atoms with E-state index in [0.29, 0.717) is 24.2 Å². The maximum absolute atomic E-state index is 13.6. The number of aliphatic hydroxyl groups excluding tert-OH is 1. The van der Waals surface area contributed by atoms with Gasteiger partial charge in [-0.2, -0.15) is 4.98 Å². The summed E-state index contributed by atoms with van der Waals surface area (Å²) in [6, 6.07) is 0.121. The number of allylic oxidation sites excluding steroid dienone is 7. The molecule has 2 heterocycles. The van der Waals surface area contributed by atoms with E-state index in [9.17, 15) is 9.18 Å². The lowest BCUT2D eigenvalue weighted by atomic mass is 10.1. The smallest absolute Gasteiger partial charge is 0.318 e. The van der Waals surface area contributed by atoms with Crippen molar-refractivity contribution in [3.8, 4) is 6.01 Å². The minimum atomic E-state index is -0.414. The first kappa shape index (κ1) is 27.2. The Hall–Kier alpha value is -3.00. The van der Waals surface area contributed by atoms with E-state index in [1.54, 1.807) is 6.08 Å². The van der Waals surface area contributed by atoms with Gasteiger partial charge < -0.3 is 20.1 Å². The summed E-state index contributed by atoms with van der Waals surface area (Å²) in [4.78, 5) is 21.0. The number of anilines is 1. The molecule has 2 fully saturated rings. The van der Waals surface area contributed by atoms with Crippen LogP contribution < -0.4 is 15.0 Å². The van der Waals surface area contributed by atoms with E-state index >= 15 is 0 Å². The second kappa shape index (κ2) is 15.0. The zero-order valence-electron chi connectivity index (χ0n) is 20.4. The molecule has 0 radical (unpaired) electrons. The van der Waals surface area contributed by atoms with Gasteiger partial charge in [0, 0.05) is 25.7 Å². The molecule has 1 aliphatic heterocycles. The highest BCUT2D eigenvalue weighted by Gasteiger charge is 2.46. The number of nitrogens with one attached hydrogen (secondary N) is 1. The van der Waals surface area contributed by atoms with Gasteiger partial charge in [-0.3, -0.25) is 4.79 Å².